The summed E-state index contributed by atoms with van der Waals surface area (Å²) in [7, 11) is 0. The predicted octanol–water partition coefficient (Wildman–Crippen LogP) is 3.19. The van der Waals surface area contributed by atoms with Crippen LogP contribution < -0.4 is 4.90 Å². The number of hydrogen-bond donors (Lipinski definition) is 0. The normalized spacial score (nSPS) is 17.7. The van der Waals surface area contributed by atoms with Crippen LogP contribution in [0.2, 0.25) is 0 Å². The van der Waals surface area contributed by atoms with Crippen molar-refractivity contribution in [2.24, 2.45) is 0 Å². The summed E-state index contributed by atoms with van der Waals surface area (Å²) in [5.41, 5.74) is 3.24. The summed E-state index contributed by atoms with van der Waals surface area (Å²) in [6.45, 7) is 4.56. The molecule has 0 radical (unpaired) electrons. The summed E-state index contributed by atoms with van der Waals surface area (Å²) in [4.78, 5) is 28.6. The average Bonchev–Trinajstić information content (AvgIpc) is 2.64. The first-order chi connectivity index (χ1) is 12.1. The summed E-state index contributed by atoms with van der Waals surface area (Å²) in [5.74, 6) is 0.0211. The third kappa shape index (κ3) is 3.90. The Morgan fingerprint density at radius 3 is 2.40 bits per heavy atom. The molecule has 1 fully saturated rings. The molecule has 1 aliphatic rings. The number of carbonyl (C=O) groups is 2. The van der Waals surface area contributed by atoms with Gasteiger partial charge in [-0.05, 0) is 31.0 Å². The average molecular weight is 336 g/mol. The van der Waals surface area contributed by atoms with Crippen LogP contribution in [-0.2, 0) is 16.0 Å². The lowest BCUT2D eigenvalue weighted by Crippen LogP contribution is -2.58. The van der Waals surface area contributed by atoms with Crippen LogP contribution in [0, 0.1) is 6.92 Å². The van der Waals surface area contributed by atoms with Crippen LogP contribution in [0.15, 0.2) is 54.6 Å². The molecular formula is C21H24N2O2. The Morgan fingerprint density at radius 1 is 1.08 bits per heavy atom. The van der Waals surface area contributed by atoms with E-state index in [1.54, 1.807) is 4.90 Å². The van der Waals surface area contributed by atoms with Gasteiger partial charge in [0.05, 0.1) is 6.04 Å². The highest BCUT2D eigenvalue weighted by molar-refractivity contribution is 5.98. The van der Waals surface area contributed by atoms with Gasteiger partial charge in [-0.2, -0.15) is 0 Å². The van der Waals surface area contributed by atoms with Crippen LogP contribution >= 0.6 is 0 Å². The van der Waals surface area contributed by atoms with Crippen molar-refractivity contribution in [3.8, 4) is 0 Å². The minimum atomic E-state index is -0.0186. The van der Waals surface area contributed by atoms with Crippen molar-refractivity contribution in [2.45, 2.75) is 32.7 Å². The fourth-order valence-electron chi connectivity index (χ4n) is 3.30. The van der Waals surface area contributed by atoms with E-state index in [1.807, 2.05) is 61.2 Å². The highest BCUT2D eigenvalue weighted by Gasteiger charge is 2.34. The molecule has 0 aliphatic carbocycles. The second kappa shape index (κ2) is 7.51. The van der Waals surface area contributed by atoms with E-state index < -0.39 is 0 Å². The van der Waals surface area contributed by atoms with Gasteiger partial charge in [0.1, 0.15) is 6.54 Å². The molecule has 1 heterocycles. The van der Waals surface area contributed by atoms with Gasteiger partial charge in [-0.3, -0.25) is 9.59 Å². The molecule has 2 aromatic carbocycles. The van der Waals surface area contributed by atoms with Gasteiger partial charge < -0.3 is 9.80 Å². The summed E-state index contributed by atoms with van der Waals surface area (Å²) in [6, 6.07) is 18.1. The number of hydrogen-bond acceptors (Lipinski definition) is 2. The second-order valence-electron chi connectivity index (χ2n) is 6.56. The molecule has 1 saturated heterocycles. The second-order valence-corrected chi connectivity index (χ2v) is 6.56. The predicted molar refractivity (Wildman–Crippen MR) is 99.5 cm³/mol. The largest absolute Gasteiger partial charge is 0.328 e. The first kappa shape index (κ1) is 17.2. The van der Waals surface area contributed by atoms with Crippen molar-refractivity contribution in [2.75, 3.05) is 18.0 Å². The van der Waals surface area contributed by atoms with Crippen LogP contribution in [0.25, 0.3) is 0 Å². The molecule has 25 heavy (non-hydrogen) atoms. The van der Waals surface area contributed by atoms with E-state index in [9.17, 15) is 9.59 Å². The Labute approximate surface area is 149 Å². The number of amides is 2. The van der Waals surface area contributed by atoms with Gasteiger partial charge in [-0.15, -0.1) is 0 Å². The number of anilines is 1. The van der Waals surface area contributed by atoms with E-state index in [1.165, 1.54) is 5.56 Å². The first-order valence-electron chi connectivity index (χ1n) is 8.79. The third-order valence-corrected chi connectivity index (χ3v) is 4.72. The molecule has 1 aliphatic heterocycles. The maximum Gasteiger partial charge on any atom is 0.246 e. The van der Waals surface area contributed by atoms with E-state index in [-0.39, 0.29) is 24.4 Å². The van der Waals surface area contributed by atoms with Gasteiger partial charge in [0.2, 0.25) is 11.8 Å². The summed E-state index contributed by atoms with van der Waals surface area (Å²) in [6.07, 6.45) is 1.17. The molecule has 0 saturated carbocycles. The van der Waals surface area contributed by atoms with Gasteiger partial charge in [0, 0.05) is 18.7 Å². The zero-order chi connectivity index (χ0) is 17.8. The minimum absolute atomic E-state index is 0.00569. The summed E-state index contributed by atoms with van der Waals surface area (Å²) >= 11 is 0. The molecule has 0 spiro atoms. The molecule has 4 heteroatoms. The van der Waals surface area contributed by atoms with Gasteiger partial charge in [-0.25, -0.2) is 0 Å². The van der Waals surface area contributed by atoms with Crippen molar-refractivity contribution in [3.05, 3.63) is 65.7 Å². The Hall–Kier alpha value is -2.62. The highest BCUT2D eigenvalue weighted by atomic mass is 16.2. The minimum Gasteiger partial charge on any atom is -0.328 e. The van der Waals surface area contributed by atoms with Crippen molar-refractivity contribution in [1.82, 2.24) is 4.90 Å². The molecule has 2 amide bonds. The molecule has 4 nitrogen and oxygen atoms in total. The maximum absolute atomic E-state index is 12.6. The van der Waals surface area contributed by atoms with E-state index in [4.69, 9.17) is 0 Å². The summed E-state index contributed by atoms with van der Waals surface area (Å²) < 4.78 is 0. The lowest BCUT2D eigenvalue weighted by Gasteiger charge is -2.41. The van der Waals surface area contributed by atoms with Crippen molar-refractivity contribution >= 4 is 17.5 Å². The van der Waals surface area contributed by atoms with Crippen LogP contribution in [0.3, 0.4) is 0 Å². The SMILES string of the molecule is CCC(=O)N1CC(=O)N(c2ccc(C)cc2)CC1Cc1ccccc1. The van der Waals surface area contributed by atoms with Crippen LogP contribution in [0.5, 0.6) is 0 Å². The molecule has 130 valence electrons. The quantitative estimate of drug-likeness (QED) is 0.860. The summed E-state index contributed by atoms with van der Waals surface area (Å²) in [5, 5.41) is 0. The van der Waals surface area contributed by atoms with Gasteiger partial charge in [0.15, 0.2) is 0 Å². The standard InChI is InChI=1S/C21H24N2O2/c1-3-20(24)23-15-21(25)22(18-11-9-16(2)10-12-18)14-19(23)13-17-7-5-4-6-8-17/h4-12,19H,3,13-15H2,1-2H3. The molecule has 0 N–H and O–H groups in total. The van der Waals surface area contributed by atoms with E-state index in [0.717, 1.165) is 17.7 Å². The highest BCUT2D eigenvalue weighted by Crippen LogP contribution is 2.23. The van der Waals surface area contributed by atoms with Crippen LogP contribution in [-0.4, -0.2) is 35.8 Å². The van der Waals surface area contributed by atoms with Gasteiger partial charge >= 0.3 is 0 Å². The monoisotopic (exact) mass is 336 g/mol. The number of aryl methyl sites for hydroxylation is 1. The van der Waals surface area contributed by atoms with Crippen molar-refractivity contribution < 1.29 is 9.59 Å². The fourth-order valence-corrected chi connectivity index (χ4v) is 3.30. The lowest BCUT2D eigenvalue weighted by molar-refractivity contribution is -0.139. The van der Waals surface area contributed by atoms with E-state index in [2.05, 4.69) is 12.1 Å². The smallest absolute Gasteiger partial charge is 0.246 e. The molecule has 0 aromatic heterocycles. The Bertz CT molecular complexity index is 740. The van der Waals surface area contributed by atoms with Crippen LogP contribution in [0.4, 0.5) is 5.69 Å². The lowest BCUT2D eigenvalue weighted by atomic mass is 10.0. The Morgan fingerprint density at radius 2 is 1.76 bits per heavy atom. The molecule has 0 bridgehead atoms. The molecular weight excluding hydrogens is 312 g/mol. The molecule has 1 atom stereocenters. The zero-order valence-corrected chi connectivity index (χ0v) is 14.8. The number of piperazine rings is 1. The molecule has 2 aromatic rings. The fraction of sp³-hybridized carbons (Fsp3) is 0.333. The maximum atomic E-state index is 12.6. The van der Waals surface area contributed by atoms with Gasteiger partial charge in [0.25, 0.3) is 0 Å². The number of benzene rings is 2. The molecule has 3 rings (SSSR count). The number of rotatable bonds is 4. The number of carbonyl (C=O) groups excluding carboxylic acids is 2. The van der Waals surface area contributed by atoms with Crippen molar-refractivity contribution in [3.63, 3.8) is 0 Å². The topological polar surface area (TPSA) is 40.6 Å². The number of nitrogens with zero attached hydrogens (tertiary/aromatic N) is 2. The third-order valence-electron chi connectivity index (χ3n) is 4.72. The van der Waals surface area contributed by atoms with Crippen molar-refractivity contribution in [1.29, 1.82) is 0 Å². The zero-order valence-electron chi connectivity index (χ0n) is 14.8. The van der Waals surface area contributed by atoms with Crippen LogP contribution in [0.1, 0.15) is 24.5 Å². The molecule has 1 unspecified atom stereocenters. The Kier molecular flexibility index (Phi) is 5.17. The van der Waals surface area contributed by atoms with Gasteiger partial charge in [-0.1, -0.05) is 55.0 Å². The van der Waals surface area contributed by atoms with E-state index in [0.29, 0.717) is 13.0 Å². The van der Waals surface area contributed by atoms with E-state index >= 15 is 0 Å². The Balaban J connectivity index is 1.86. The first-order valence-corrected chi connectivity index (χ1v) is 8.79.